The van der Waals surface area contributed by atoms with Gasteiger partial charge in [0, 0.05) is 24.1 Å². The van der Waals surface area contributed by atoms with E-state index >= 15 is 0 Å². The number of non-ortho nitro benzene ring substituents is 1. The Hall–Kier alpha value is -2.96. The van der Waals surface area contributed by atoms with Gasteiger partial charge in [-0.05, 0) is 23.8 Å². The van der Waals surface area contributed by atoms with Crippen molar-refractivity contribution in [1.82, 2.24) is 0 Å². The summed E-state index contributed by atoms with van der Waals surface area (Å²) in [5.41, 5.74) is 0.829. The molecule has 6 nitrogen and oxygen atoms in total. The Bertz CT molecular complexity index is 684. The van der Waals surface area contributed by atoms with Gasteiger partial charge in [-0.2, -0.15) is 0 Å². The molecule has 1 N–H and O–H groups in total. The minimum Gasteiger partial charge on any atom is -0.449 e. The lowest BCUT2D eigenvalue weighted by molar-refractivity contribution is -0.384. The largest absolute Gasteiger partial charge is 0.511 e. The molecule has 108 valence electrons. The van der Waals surface area contributed by atoms with Gasteiger partial charge in [0.2, 0.25) is 0 Å². The van der Waals surface area contributed by atoms with E-state index in [1.54, 1.807) is 0 Å². The van der Waals surface area contributed by atoms with E-state index < -0.39 is 16.9 Å². The van der Waals surface area contributed by atoms with Crippen LogP contribution in [0.1, 0.15) is 11.1 Å². The van der Waals surface area contributed by atoms with E-state index in [0.717, 1.165) is 6.07 Å². The van der Waals surface area contributed by atoms with Crippen molar-refractivity contribution >= 4 is 11.8 Å². The molecule has 2 rings (SSSR count). The van der Waals surface area contributed by atoms with E-state index in [0.29, 0.717) is 11.1 Å². The number of carbonyl (C=O) groups is 1. The molecule has 0 radical (unpaired) electrons. The minimum atomic E-state index is -1.51. The maximum absolute atomic E-state index is 12.9. The van der Waals surface area contributed by atoms with E-state index in [2.05, 4.69) is 4.74 Å². The van der Waals surface area contributed by atoms with Gasteiger partial charge in [-0.15, -0.1) is 0 Å². The van der Waals surface area contributed by atoms with Crippen molar-refractivity contribution in [2.24, 2.45) is 0 Å². The second-order valence-corrected chi connectivity index (χ2v) is 4.22. The zero-order chi connectivity index (χ0) is 15.4. The van der Waals surface area contributed by atoms with E-state index in [9.17, 15) is 19.3 Å². The van der Waals surface area contributed by atoms with Crippen molar-refractivity contribution in [1.29, 1.82) is 0 Å². The third kappa shape index (κ3) is 3.75. The number of rotatable bonds is 4. The molecule has 0 aromatic heterocycles. The van der Waals surface area contributed by atoms with Gasteiger partial charge >= 0.3 is 6.16 Å². The molecule has 0 aliphatic heterocycles. The first-order valence-corrected chi connectivity index (χ1v) is 5.88. The zero-order valence-corrected chi connectivity index (χ0v) is 10.7. The van der Waals surface area contributed by atoms with Crippen LogP contribution in [-0.2, 0) is 6.42 Å². The quantitative estimate of drug-likeness (QED) is 0.403. The molecule has 0 fully saturated rings. The fourth-order valence-electron chi connectivity index (χ4n) is 1.83. The molecule has 0 heterocycles. The third-order valence-corrected chi connectivity index (χ3v) is 2.76. The van der Waals surface area contributed by atoms with Crippen molar-refractivity contribution in [3.63, 3.8) is 0 Å². The predicted molar refractivity (Wildman–Crippen MR) is 71.0 cm³/mol. The summed E-state index contributed by atoms with van der Waals surface area (Å²) >= 11 is 0. The summed E-state index contributed by atoms with van der Waals surface area (Å²) in [7, 11) is 0. The number of nitro benzene ring substituents is 1. The van der Waals surface area contributed by atoms with E-state index in [1.165, 1.54) is 36.4 Å². The first-order valence-electron chi connectivity index (χ1n) is 5.88. The summed E-state index contributed by atoms with van der Waals surface area (Å²) in [5.74, 6) is -0.391. The number of benzene rings is 2. The second kappa shape index (κ2) is 6.00. The van der Waals surface area contributed by atoms with Crippen LogP contribution in [0.25, 0.3) is 0 Å². The van der Waals surface area contributed by atoms with Gasteiger partial charge in [0.15, 0.2) is 0 Å². The highest BCUT2D eigenvalue weighted by Gasteiger charge is 2.14. The summed E-state index contributed by atoms with van der Waals surface area (Å²) < 4.78 is 17.5. The highest BCUT2D eigenvalue weighted by Crippen LogP contribution is 2.26. The van der Waals surface area contributed by atoms with Crippen molar-refractivity contribution in [2.75, 3.05) is 0 Å². The molecule has 0 atom stereocenters. The molecular formula is C14H10FNO5. The summed E-state index contributed by atoms with van der Waals surface area (Å²) in [5, 5.41) is 19.4. The average molecular weight is 291 g/mol. The number of hydrogen-bond donors (Lipinski definition) is 1. The minimum absolute atomic E-state index is 0.0115. The van der Waals surface area contributed by atoms with Crippen molar-refractivity contribution < 1.29 is 24.0 Å². The molecule has 0 saturated carbocycles. The van der Waals surface area contributed by atoms with Crippen molar-refractivity contribution in [2.45, 2.75) is 6.42 Å². The fraction of sp³-hybridized carbons (Fsp3) is 0.0714. The number of halogens is 1. The van der Waals surface area contributed by atoms with Crippen LogP contribution in [-0.4, -0.2) is 16.2 Å². The molecule has 0 aliphatic rings. The lowest BCUT2D eigenvalue weighted by Crippen LogP contribution is -2.06. The molecule has 0 bridgehead atoms. The number of nitrogens with zero attached hydrogens (tertiary/aromatic N) is 1. The normalized spacial score (nSPS) is 10.1. The Labute approximate surface area is 118 Å². The van der Waals surface area contributed by atoms with Crippen LogP contribution >= 0.6 is 0 Å². The number of carboxylic acid groups (broad SMARTS) is 1. The Morgan fingerprint density at radius 3 is 2.48 bits per heavy atom. The molecule has 2 aromatic carbocycles. The summed E-state index contributed by atoms with van der Waals surface area (Å²) in [6.45, 7) is 0. The van der Waals surface area contributed by atoms with Crippen molar-refractivity contribution in [3.05, 3.63) is 69.5 Å². The van der Waals surface area contributed by atoms with Gasteiger partial charge in [0.1, 0.15) is 11.6 Å². The Morgan fingerprint density at radius 1 is 1.24 bits per heavy atom. The molecule has 7 heteroatoms. The van der Waals surface area contributed by atoms with Crippen LogP contribution in [0.3, 0.4) is 0 Å². The van der Waals surface area contributed by atoms with E-state index in [1.807, 2.05) is 0 Å². The monoisotopic (exact) mass is 291 g/mol. The molecule has 2 aromatic rings. The smallest absolute Gasteiger partial charge is 0.449 e. The maximum Gasteiger partial charge on any atom is 0.511 e. The van der Waals surface area contributed by atoms with Crippen LogP contribution in [0.5, 0.6) is 5.75 Å². The SMILES string of the molecule is O=C(O)Oc1ccc([N+](=O)[O-])cc1Cc1ccc(F)cc1. The summed E-state index contributed by atoms with van der Waals surface area (Å²) in [6.07, 6.45) is -1.32. The molecule has 0 saturated heterocycles. The Balaban J connectivity index is 2.37. The number of ether oxygens (including phenoxy) is 1. The highest BCUT2D eigenvalue weighted by atomic mass is 19.1. The average Bonchev–Trinajstić information content (AvgIpc) is 2.42. The first-order chi connectivity index (χ1) is 9.95. The second-order valence-electron chi connectivity index (χ2n) is 4.22. The van der Waals surface area contributed by atoms with E-state index in [-0.39, 0.29) is 17.9 Å². The third-order valence-electron chi connectivity index (χ3n) is 2.76. The van der Waals surface area contributed by atoms with Crippen LogP contribution in [0, 0.1) is 15.9 Å². The topological polar surface area (TPSA) is 89.7 Å². The fourth-order valence-corrected chi connectivity index (χ4v) is 1.83. The standard InChI is InChI=1S/C14H10FNO5/c15-11-3-1-9(2-4-11)7-10-8-12(16(19)20)5-6-13(10)21-14(17)18/h1-6,8H,7H2,(H,17,18). The van der Waals surface area contributed by atoms with Gasteiger partial charge < -0.3 is 9.84 Å². The van der Waals surface area contributed by atoms with E-state index in [4.69, 9.17) is 5.11 Å². The van der Waals surface area contributed by atoms with Gasteiger partial charge in [0.05, 0.1) is 4.92 Å². The van der Waals surface area contributed by atoms with Crippen molar-refractivity contribution in [3.8, 4) is 5.75 Å². The van der Waals surface area contributed by atoms with Gasteiger partial charge in [-0.25, -0.2) is 9.18 Å². The van der Waals surface area contributed by atoms with Crippen LogP contribution < -0.4 is 4.74 Å². The van der Waals surface area contributed by atoms with Gasteiger partial charge in [-0.3, -0.25) is 10.1 Å². The summed E-state index contributed by atoms with van der Waals surface area (Å²) in [6, 6.07) is 9.16. The Kier molecular flexibility index (Phi) is 4.13. The van der Waals surface area contributed by atoms with Crippen LogP contribution in [0.4, 0.5) is 14.9 Å². The first kappa shape index (κ1) is 14.4. The van der Waals surface area contributed by atoms with Gasteiger partial charge in [0.25, 0.3) is 5.69 Å². The van der Waals surface area contributed by atoms with Crippen LogP contribution in [0.2, 0.25) is 0 Å². The highest BCUT2D eigenvalue weighted by molar-refractivity contribution is 5.63. The lowest BCUT2D eigenvalue weighted by Gasteiger charge is -2.08. The zero-order valence-electron chi connectivity index (χ0n) is 10.7. The molecule has 21 heavy (non-hydrogen) atoms. The molecule has 0 aliphatic carbocycles. The molecule has 0 unspecified atom stereocenters. The van der Waals surface area contributed by atoms with Gasteiger partial charge in [-0.1, -0.05) is 12.1 Å². The summed E-state index contributed by atoms with van der Waals surface area (Å²) in [4.78, 5) is 20.8. The lowest BCUT2D eigenvalue weighted by atomic mass is 10.0. The number of hydrogen-bond acceptors (Lipinski definition) is 4. The molecule has 0 spiro atoms. The number of nitro groups is 1. The molecular weight excluding hydrogens is 281 g/mol. The van der Waals surface area contributed by atoms with Crippen LogP contribution in [0.15, 0.2) is 42.5 Å². The predicted octanol–water partition coefficient (Wildman–Crippen LogP) is 3.38. The Morgan fingerprint density at radius 2 is 1.90 bits per heavy atom. The maximum atomic E-state index is 12.9. The molecule has 0 amide bonds.